The smallest absolute Gasteiger partial charge is 0.411 e. The van der Waals surface area contributed by atoms with Gasteiger partial charge in [0, 0.05) is 6.10 Å². The van der Waals surface area contributed by atoms with Crippen LogP contribution < -0.4 is 0 Å². The summed E-state index contributed by atoms with van der Waals surface area (Å²) in [4.78, 5) is 0. The Balaban J connectivity index is 1.31. The molecule has 3 saturated heterocycles. The normalized spacial score (nSPS) is 34.1. The zero-order valence-electron chi connectivity index (χ0n) is 38.8. The number of unbranched alkanes of at least 4 members (excludes halogenated alkanes) is 9. The predicted octanol–water partition coefficient (Wildman–Crippen LogP) is 5.36. The monoisotopic (exact) mass is 1100 g/mol. The van der Waals surface area contributed by atoms with Crippen molar-refractivity contribution in [3.05, 3.63) is 0 Å². The molecule has 0 N–H and O–H groups in total. The van der Waals surface area contributed by atoms with Crippen LogP contribution in [0.4, 0.5) is 0 Å². The molecule has 60 heavy (non-hydrogen) atoms. The highest BCUT2D eigenvalue weighted by Gasteiger charge is 2.40. The second-order valence-corrected chi connectivity index (χ2v) is 49.2. The van der Waals surface area contributed by atoms with Gasteiger partial charge in [-0.05, 0) is 115 Å². The second kappa shape index (κ2) is 32.4. The molecule has 348 valence electrons. The van der Waals surface area contributed by atoms with Crippen molar-refractivity contribution in [2.24, 2.45) is 0 Å². The summed E-state index contributed by atoms with van der Waals surface area (Å²) in [6, 6.07) is 7.35. The highest BCUT2D eigenvalue weighted by atomic mass is 28.5. The Kier molecular flexibility index (Phi) is 30.8. The first kappa shape index (κ1) is 57.0. The largest absolute Gasteiger partial charge is 0.438 e. The van der Waals surface area contributed by atoms with Gasteiger partial charge in [-0.15, -0.1) is 0 Å². The van der Waals surface area contributed by atoms with Gasteiger partial charge in [0.2, 0.25) is 19.5 Å². The van der Waals surface area contributed by atoms with Gasteiger partial charge in [-0.1, -0.05) is 77.0 Å². The molecule has 0 aromatic rings. The van der Waals surface area contributed by atoms with Gasteiger partial charge in [-0.3, -0.25) is 0 Å². The first-order valence-corrected chi connectivity index (χ1v) is 51.1. The zero-order valence-corrected chi connectivity index (χ0v) is 55.1. The van der Waals surface area contributed by atoms with Crippen molar-refractivity contribution in [3.63, 3.8) is 0 Å². The summed E-state index contributed by atoms with van der Waals surface area (Å²) in [6.45, 7) is 23.6. The van der Waals surface area contributed by atoms with Gasteiger partial charge in [0.25, 0.3) is 55.7 Å². The molecule has 3 aliphatic rings. The van der Waals surface area contributed by atoms with Crippen molar-refractivity contribution in [1.82, 2.24) is 0 Å². The lowest BCUT2D eigenvalue weighted by Gasteiger charge is -2.37. The highest BCUT2D eigenvalue weighted by molar-refractivity contribution is 6.82. The van der Waals surface area contributed by atoms with Gasteiger partial charge in [0.05, 0.1) is 0 Å². The van der Waals surface area contributed by atoms with Crippen LogP contribution in [0.5, 0.6) is 0 Å². The summed E-state index contributed by atoms with van der Waals surface area (Å²) in [5.41, 5.74) is 0. The standard InChI is InChI=1S/C31H80O14Si15/c1-31-30-49(2)36-58(41-50(3)32-31)27-21-14-12-18-24-46-33-48-35-57(26-20-15-17-23-29-60(11)44-55(8)39-52(5)40-56(9)45-60)34-47-25-19-13-16-22-28-59(10)42-53(6)37-51(4)38-54(7)43-59/h31,49-56H,12-30H2,1-11H3. The fourth-order valence-electron chi connectivity index (χ4n) is 7.72. The molecule has 3 fully saturated rings. The Morgan fingerprint density at radius 2 is 1.05 bits per heavy atom. The van der Waals surface area contributed by atoms with E-state index in [-0.39, 0.29) is 10.0 Å². The topological polar surface area (TPSA) is 129 Å². The van der Waals surface area contributed by atoms with E-state index >= 15 is 0 Å². The summed E-state index contributed by atoms with van der Waals surface area (Å²) in [5.74, 6) is 0. The van der Waals surface area contributed by atoms with Gasteiger partial charge in [0.15, 0.2) is 9.04 Å². The van der Waals surface area contributed by atoms with E-state index in [0.29, 0.717) is 25.6 Å². The average molecular weight is 1100 g/mol. The summed E-state index contributed by atoms with van der Waals surface area (Å²) in [7, 11) is -18.8. The first-order valence-electron chi connectivity index (χ1n) is 22.9. The maximum Gasteiger partial charge on any atom is 0.411 e. The molecule has 7 atom stereocenters. The Morgan fingerprint density at radius 1 is 0.567 bits per heavy atom. The maximum atomic E-state index is 6.49. The molecule has 7 unspecified atom stereocenters. The van der Waals surface area contributed by atoms with Crippen molar-refractivity contribution in [1.29, 1.82) is 0 Å². The van der Waals surface area contributed by atoms with Gasteiger partial charge < -0.3 is 57.9 Å². The lowest BCUT2D eigenvalue weighted by Crippen LogP contribution is -2.52. The Hall–Kier alpha value is 2.69. The van der Waals surface area contributed by atoms with Crippen molar-refractivity contribution in [2.45, 2.75) is 198 Å². The molecule has 3 heterocycles. The first-order chi connectivity index (χ1) is 28.6. The highest BCUT2D eigenvalue weighted by Crippen LogP contribution is 2.25. The van der Waals surface area contributed by atoms with E-state index in [1.54, 1.807) is 0 Å². The molecule has 0 saturated carbocycles. The number of hydrogen-bond acceptors (Lipinski definition) is 14. The molecular weight excluding hydrogens is 1020 g/mol. The molecule has 0 aliphatic carbocycles. The summed E-state index contributed by atoms with van der Waals surface area (Å²) in [6.07, 6.45) is 14.3. The van der Waals surface area contributed by atoms with Crippen molar-refractivity contribution < 1.29 is 57.9 Å². The zero-order chi connectivity index (χ0) is 43.8. The van der Waals surface area contributed by atoms with Crippen LogP contribution in [0.25, 0.3) is 0 Å². The summed E-state index contributed by atoms with van der Waals surface area (Å²) < 4.78 is 87.9. The lowest BCUT2D eigenvalue weighted by atomic mass is 10.2. The molecule has 0 aromatic carbocycles. The molecule has 0 amide bonds. The molecule has 3 aliphatic heterocycles. The van der Waals surface area contributed by atoms with Crippen LogP contribution in [-0.4, -0.2) is 145 Å². The molecule has 29 heteroatoms. The quantitative estimate of drug-likeness (QED) is 0.0774. The average Bonchev–Trinajstić information content (AvgIpc) is 3.11. The Morgan fingerprint density at radius 3 is 1.60 bits per heavy atom. The third-order valence-electron chi connectivity index (χ3n) is 10.2. The maximum absolute atomic E-state index is 6.49. The van der Waals surface area contributed by atoms with E-state index in [2.05, 4.69) is 72.4 Å². The van der Waals surface area contributed by atoms with Gasteiger partial charge >= 0.3 is 55.0 Å². The number of hydrogen-bond donors (Lipinski definition) is 0. The lowest BCUT2D eigenvalue weighted by molar-refractivity contribution is 0.187. The minimum Gasteiger partial charge on any atom is -0.438 e. The fourth-order valence-corrected chi connectivity index (χ4v) is 50.7. The van der Waals surface area contributed by atoms with Crippen LogP contribution >= 0.6 is 0 Å². The Bertz CT molecular complexity index is 1070. The van der Waals surface area contributed by atoms with Crippen molar-refractivity contribution in [3.8, 4) is 0 Å². The Labute approximate surface area is 392 Å². The van der Waals surface area contributed by atoms with Crippen LogP contribution in [0.2, 0.25) is 108 Å². The van der Waals surface area contributed by atoms with Crippen molar-refractivity contribution in [2.75, 3.05) is 0 Å². The number of rotatable bonds is 27. The van der Waals surface area contributed by atoms with E-state index < -0.39 is 110 Å². The third-order valence-corrected chi connectivity index (χ3v) is 51.8. The van der Waals surface area contributed by atoms with Crippen LogP contribution in [-0.2, 0) is 57.9 Å². The third kappa shape index (κ3) is 26.9. The fraction of sp³-hybridized carbons (Fsp3) is 1.00. The van der Waals surface area contributed by atoms with E-state index in [1.807, 2.05) is 0 Å². The molecule has 0 spiro atoms. The van der Waals surface area contributed by atoms with E-state index in [4.69, 9.17) is 57.9 Å². The minimum atomic E-state index is -2.26. The molecule has 8 radical (unpaired) electrons. The summed E-state index contributed by atoms with van der Waals surface area (Å²) in [5, 5.41) is 0. The van der Waals surface area contributed by atoms with E-state index in [0.717, 1.165) is 74.4 Å². The van der Waals surface area contributed by atoms with E-state index in [1.165, 1.54) is 44.9 Å². The SMILES string of the molecule is CC1C[SiH](C)O[Si](CCCCCC[Si]O[Si]O[Si](CCCCCC[Si]2(C)O[SiH](C)O[SiH](C)O[SiH](C)O2)O[Si]CCCCCC[Si]2(C)O[SiH](C)O[SiH](C)O[SiH](C)O2)O[SiH](C)O1. The van der Waals surface area contributed by atoms with Crippen LogP contribution in [0.3, 0.4) is 0 Å². The molecule has 14 nitrogen and oxygen atoms in total. The van der Waals surface area contributed by atoms with Crippen LogP contribution in [0.1, 0.15) is 84.0 Å². The molecule has 0 bridgehead atoms. The van der Waals surface area contributed by atoms with Crippen molar-refractivity contribution >= 4 is 139 Å². The molecule has 0 aromatic heterocycles. The molecular formula is C31H80O14Si15. The van der Waals surface area contributed by atoms with Gasteiger partial charge in [0.1, 0.15) is 0 Å². The molecule has 3 rings (SSSR count). The van der Waals surface area contributed by atoms with E-state index in [9.17, 15) is 0 Å². The van der Waals surface area contributed by atoms with Crippen LogP contribution in [0.15, 0.2) is 0 Å². The van der Waals surface area contributed by atoms with Gasteiger partial charge in [-0.2, -0.15) is 0 Å². The van der Waals surface area contributed by atoms with Crippen LogP contribution in [0, 0.1) is 0 Å². The predicted molar refractivity (Wildman–Crippen MR) is 270 cm³/mol. The van der Waals surface area contributed by atoms with Gasteiger partial charge in [-0.25, -0.2) is 0 Å². The summed E-state index contributed by atoms with van der Waals surface area (Å²) >= 11 is 0. The minimum absolute atomic E-state index is 0.0603. The second-order valence-electron chi connectivity index (χ2n) is 16.7.